The van der Waals surface area contributed by atoms with Gasteiger partial charge in [-0.25, -0.2) is 4.98 Å². The molecule has 0 saturated carbocycles. The molecule has 0 amide bonds. The Hall–Kier alpha value is -3.08. The summed E-state index contributed by atoms with van der Waals surface area (Å²) in [5.41, 5.74) is 4.13. The second-order valence-electron chi connectivity index (χ2n) is 6.01. The van der Waals surface area contributed by atoms with Crippen LogP contribution in [0.4, 0.5) is 5.95 Å². The molecule has 0 aliphatic carbocycles. The van der Waals surface area contributed by atoms with E-state index in [0.29, 0.717) is 11.5 Å². The van der Waals surface area contributed by atoms with Gasteiger partial charge in [-0.05, 0) is 43.7 Å². The van der Waals surface area contributed by atoms with Crippen molar-refractivity contribution in [3.05, 3.63) is 65.4 Å². The van der Waals surface area contributed by atoms with Crippen LogP contribution in [0.15, 0.2) is 59.8 Å². The smallest absolute Gasteiger partial charge is 0.209 e. The van der Waals surface area contributed by atoms with Gasteiger partial charge in [0.2, 0.25) is 5.95 Å². The van der Waals surface area contributed by atoms with Crippen molar-refractivity contribution in [2.45, 2.75) is 19.9 Å². The van der Waals surface area contributed by atoms with E-state index in [9.17, 15) is 9.90 Å². The first-order valence-corrected chi connectivity index (χ1v) is 7.81. The number of benzene rings is 2. The molecule has 2 aromatic carbocycles. The van der Waals surface area contributed by atoms with Crippen LogP contribution in [0.2, 0.25) is 0 Å². The van der Waals surface area contributed by atoms with E-state index in [2.05, 4.69) is 10.3 Å². The number of nitrogens with zero attached hydrogens (tertiary/aromatic N) is 2. The summed E-state index contributed by atoms with van der Waals surface area (Å²) >= 11 is 0. The number of hydrogen-bond acceptors (Lipinski definition) is 4. The van der Waals surface area contributed by atoms with Gasteiger partial charge in [-0.15, -0.1) is 0 Å². The van der Waals surface area contributed by atoms with Crippen LogP contribution in [-0.2, 0) is 4.79 Å². The number of aromatic hydroxyl groups is 1. The normalized spacial score (nSPS) is 16.8. The lowest BCUT2D eigenvalue weighted by molar-refractivity contribution is -0.114. The molecular weight excluding hydrogens is 302 g/mol. The molecule has 0 saturated heterocycles. The summed E-state index contributed by atoms with van der Waals surface area (Å²) < 4.78 is 2.02. The number of Topliss-reactive ketones (excluding diaryl/α,β-unsaturated/α-hetero) is 1. The zero-order valence-corrected chi connectivity index (χ0v) is 13.4. The number of phenols is 1. The molecule has 0 bridgehead atoms. The van der Waals surface area contributed by atoms with Gasteiger partial charge in [0.15, 0.2) is 5.78 Å². The molecule has 5 nitrogen and oxygen atoms in total. The maximum absolute atomic E-state index is 12.4. The number of anilines is 1. The first kappa shape index (κ1) is 14.5. The molecule has 0 spiro atoms. The molecule has 120 valence electrons. The number of hydrogen-bond donors (Lipinski definition) is 2. The zero-order chi connectivity index (χ0) is 16.8. The molecule has 1 atom stereocenters. The van der Waals surface area contributed by atoms with Crippen molar-refractivity contribution in [1.82, 2.24) is 9.55 Å². The molecule has 0 fully saturated rings. The molecule has 2 N–H and O–H groups in total. The van der Waals surface area contributed by atoms with E-state index >= 15 is 0 Å². The molecule has 0 radical (unpaired) electrons. The highest BCUT2D eigenvalue weighted by atomic mass is 16.3. The lowest BCUT2D eigenvalue weighted by Gasteiger charge is -2.30. The number of aromatic nitrogens is 2. The second kappa shape index (κ2) is 5.23. The highest BCUT2D eigenvalue weighted by Gasteiger charge is 2.32. The Kier molecular flexibility index (Phi) is 3.16. The fourth-order valence-electron chi connectivity index (χ4n) is 3.43. The fourth-order valence-corrected chi connectivity index (χ4v) is 3.43. The second-order valence-corrected chi connectivity index (χ2v) is 6.01. The van der Waals surface area contributed by atoms with Gasteiger partial charge >= 0.3 is 0 Å². The maximum Gasteiger partial charge on any atom is 0.209 e. The van der Waals surface area contributed by atoms with E-state index in [4.69, 9.17) is 0 Å². The lowest BCUT2D eigenvalue weighted by atomic mass is 9.92. The van der Waals surface area contributed by atoms with Crippen LogP contribution >= 0.6 is 0 Å². The number of imidazole rings is 1. The van der Waals surface area contributed by atoms with E-state index in [0.717, 1.165) is 22.3 Å². The number of allylic oxidation sites excluding steroid dienone is 2. The number of ketones is 1. The third-order valence-corrected chi connectivity index (χ3v) is 4.40. The van der Waals surface area contributed by atoms with Crippen molar-refractivity contribution in [3.8, 4) is 5.75 Å². The Morgan fingerprint density at radius 1 is 1.21 bits per heavy atom. The molecule has 2 heterocycles. The molecule has 4 rings (SSSR count). The Labute approximate surface area is 139 Å². The summed E-state index contributed by atoms with van der Waals surface area (Å²) in [6.07, 6.45) is 0. The predicted molar refractivity (Wildman–Crippen MR) is 93.0 cm³/mol. The fraction of sp³-hybridized carbons (Fsp3) is 0.158. The molecule has 1 aromatic heterocycles. The minimum Gasteiger partial charge on any atom is -0.508 e. The summed E-state index contributed by atoms with van der Waals surface area (Å²) in [5, 5.41) is 13.1. The topological polar surface area (TPSA) is 67.2 Å². The van der Waals surface area contributed by atoms with Crippen molar-refractivity contribution in [2.75, 3.05) is 5.32 Å². The highest BCUT2D eigenvalue weighted by molar-refractivity contribution is 5.97. The van der Waals surface area contributed by atoms with Crippen LogP contribution in [0.5, 0.6) is 5.75 Å². The SMILES string of the molecule is CC(=O)C1=C(C)Nc2nc3ccccc3n2[C@H]1c1cccc(O)c1. The van der Waals surface area contributed by atoms with Crippen molar-refractivity contribution in [1.29, 1.82) is 0 Å². The third-order valence-electron chi connectivity index (χ3n) is 4.40. The summed E-state index contributed by atoms with van der Waals surface area (Å²) in [7, 11) is 0. The number of para-hydroxylation sites is 2. The van der Waals surface area contributed by atoms with Gasteiger partial charge in [-0.3, -0.25) is 9.36 Å². The standard InChI is InChI=1S/C19H17N3O2/c1-11-17(12(2)23)18(13-6-5-7-14(24)10-13)22-16-9-4-3-8-15(16)21-19(22)20-11/h3-10,18,24H,1-2H3,(H,20,21)/t18-/m0/s1. The summed E-state index contributed by atoms with van der Waals surface area (Å²) in [6, 6.07) is 14.5. The minimum atomic E-state index is -0.321. The molecular formula is C19H17N3O2. The number of carbonyl (C=O) groups is 1. The van der Waals surface area contributed by atoms with E-state index in [-0.39, 0.29) is 17.6 Å². The summed E-state index contributed by atoms with van der Waals surface area (Å²) in [5.74, 6) is 0.876. The number of nitrogens with one attached hydrogen (secondary N) is 1. The van der Waals surface area contributed by atoms with Crippen LogP contribution in [-0.4, -0.2) is 20.4 Å². The van der Waals surface area contributed by atoms with Crippen molar-refractivity contribution in [3.63, 3.8) is 0 Å². The van der Waals surface area contributed by atoms with E-state index in [1.165, 1.54) is 0 Å². The minimum absolute atomic E-state index is 0.00299. The Morgan fingerprint density at radius 2 is 2.00 bits per heavy atom. The first-order valence-electron chi connectivity index (χ1n) is 7.81. The monoisotopic (exact) mass is 319 g/mol. The van der Waals surface area contributed by atoms with Gasteiger partial charge in [-0.2, -0.15) is 0 Å². The number of phenolic OH excluding ortho intramolecular Hbond substituents is 1. The van der Waals surface area contributed by atoms with Gasteiger partial charge in [0, 0.05) is 11.3 Å². The van der Waals surface area contributed by atoms with Crippen molar-refractivity contribution < 1.29 is 9.90 Å². The molecule has 1 aliphatic heterocycles. The average Bonchev–Trinajstić information content (AvgIpc) is 2.91. The number of carbonyl (C=O) groups excluding carboxylic acids is 1. The van der Waals surface area contributed by atoms with Crippen LogP contribution in [0.3, 0.4) is 0 Å². The largest absolute Gasteiger partial charge is 0.508 e. The predicted octanol–water partition coefficient (Wildman–Crippen LogP) is 3.62. The maximum atomic E-state index is 12.4. The van der Waals surface area contributed by atoms with Crippen LogP contribution < -0.4 is 5.32 Å². The van der Waals surface area contributed by atoms with Gasteiger partial charge < -0.3 is 10.4 Å². The Morgan fingerprint density at radius 3 is 2.75 bits per heavy atom. The molecule has 5 heteroatoms. The van der Waals surface area contributed by atoms with E-state index in [1.807, 2.05) is 41.8 Å². The third kappa shape index (κ3) is 2.09. The van der Waals surface area contributed by atoms with Crippen LogP contribution in [0.25, 0.3) is 11.0 Å². The number of rotatable bonds is 2. The van der Waals surface area contributed by atoms with E-state index < -0.39 is 0 Å². The Balaban J connectivity index is 2.05. The zero-order valence-electron chi connectivity index (χ0n) is 13.4. The van der Waals surface area contributed by atoms with Crippen LogP contribution in [0, 0.1) is 0 Å². The quantitative estimate of drug-likeness (QED) is 0.757. The van der Waals surface area contributed by atoms with Crippen LogP contribution in [0.1, 0.15) is 25.5 Å². The number of fused-ring (bicyclic) bond motifs is 3. The van der Waals surface area contributed by atoms with E-state index in [1.54, 1.807) is 25.1 Å². The lowest BCUT2D eigenvalue weighted by Crippen LogP contribution is -2.26. The molecule has 1 aliphatic rings. The summed E-state index contributed by atoms with van der Waals surface area (Å²) in [6.45, 7) is 3.45. The Bertz CT molecular complexity index is 1000. The molecule has 0 unspecified atom stereocenters. The average molecular weight is 319 g/mol. The van der Waals surface area contributed by atoms with Crippen molar-refractivity contribution >= 4 is 22.8 Å². The van der Waals surface area contributed by atoms with Gasteiger partial charge in [0.05, 0.1) is 17.1 Å². The van der Waals surface area contributed by atoms with Gasteiger partial charge in [-0.1, -0.05) is 24.3 Å². The van der Waals surface area contributed by atoms with Crippen molar-refractivity contribution in [2.24, 2.45) is 0 Å². The molecule has 24 heavy (non-hydrogen) atoms. The molecule has 3 aromatic rings. The highest BCUT2D eigenvalue weighted by Crippen LogP contribution is 2.39. The van der Waals surface area contributed by atoms with Gasteiger partial charge in [0.25, 0.3) is 0 Å². The van der Waals surface area contributed by atoms with Gasteiger partial charge in [0.1, 0.15) is 5.75 Å². The summed E-state index contributed by atoms with van der Waals surface area (Å²) in [4.78, 5) is 17.0. The first-order chi connectivity index (χ1) is 11.6.